The van der Waals surface area contributed by atoms with Crippen LogP contribution in [0.5, 0.6) is 11.5 Å². The third kappa shape index (κ3) is 2.60. The maximum absolute atomic E-state index is 11.0. The van der Waals surface area contributed by atoms with Gasteiger partial charge in [0.1, 0.15) is 23.7 Å². The minimum atomic E-state index is -1.04. The molecule has 4 nitrogen and oxygen atoms in total. The predicted octanol–water partition coefficient (Wildman–Crippen LogP) is 2.67. The largest absolute Gasteiger partial charge is 0.508 e. The van der Waals surface area contributed by atoms with E-state index in [0.717, 1.165) is 0 Å². The zero-order valence-corrected chi connectivity index (χ0v) is 9.54. The van der Waals surface area contributed by atoms with E-state index in [1.807, 2.05) is 0 Å². The van der Waals surface area contributed by atoms with E-state index in [2.05, 4.69) is 0 Å². The monoisotopic (exact) mass is 244 g/mol. The number of carbonyl (C=O) groups is 1. The van der Waals surface area contributed by atoms with Gasteiger partial charge in [0.15, 0.2) is 0 Å². The molecule has 2 aromatic rings. The number of aromatic hydroxyl groups is 1. The first-order chi connectivity index (χ1) is 8.68. The predicted molar refractivity (Wildman–Crippen MR) is 65.8 cm³/mol. The number of aromatic carboxylic acids is 1. The normalized spacial score (nSPS) is 10.0. The van der Waals surface area contributed by atoms with Crippen molar-refractivity contribution in [2.75, 3.05) is 0 Å². The van der Waals surface area contributed by atoms with E-state index >= 15 is 0 Å². The quantitative estimate of drug-likeness (QED) is 0.867. The van der Waals surface area contributed by atoms with Gasteiger partial charge in [-0.15, -0.1) is 0 Å². The van der Waals surface area contributed by atoms with Crippen molar-refractivity contribution in [1.29, 1.82) is 0 Å². The summed E-state index contributed by atoms with van der Waals surface area (Å²) < 4.78 is 5.42. The van der Waals surface area contributed by atoms with Gasteiger partial charge in [0.25, 0.3) is 0 Å². The van der Waals surface area contributed by atoms with Crippen LogP contribution in [-0.2, 0) is 6.61 Å². The van der Waals surface area contributed by atoms with E-state index in [1.54, 1.807) is 42.5 Å². The van der Waals surface area contributed by atoms with Crippen molar-refractivity contribution in [3.8, 4) is 11.5 Å². The van der Waals surface area contributed by atoms with E-state index in [1.165, 1.54) is 6.07 Å². The summed E-state index contributed by atoms with van der Waals surface area (Å²) in [6.45, 7) is 0.122. The molecular formula is C14H12O4. The molecule has 0 amide bonds. The van der Waals surface area contributed by atoms with Gasteiger partial charge in [-0.05, 0) is 18.2 Å². The molecule has 2 N–H and O–H groups in total. The number of para-hydroxylation sites is 2. The summed E-state index contributed by atoms with van der Waals surface area (Å²) in [5, 5.41) is 18.6. The number of carboxylic acid groups (broad SMARTS) is 1. The number of hydrogen-bond donors (Lipinski definition) is 2. The van der Waals surface area contributed by atoms with Gasteiger partial charge in [-0.1, -0.05) is 30.3 Å². The van der Waals surface area contributed by atoms with Crippen molar-refractivity contribution in [3.63, 3.8) is 0 Å². The van der Waals surface area contributed by atoms with Crippen LogP contribution in [0.1, 0.15) is 15.9 Å². The summed E-state index contributed by atoms with van der Waals surface area (Å²) in [5.41, 5.74) is 0.714. The van der Waals surface area contributed by atoms with Gasteiger partial charge in [0.2, 0.25) is 0 Å². The van der Waals surface area contributed by atoms with Crippen LogP contribution in [0.3, 0.4) is 0 Å². The van der Waals surface area contributed by atoms with Crippen LogP contribution >= 0.6 is 0 Å². The molecule has 0 bridgehead atoms. The number of carboxylic acids is 1. The Bertz CT molecular complexity index is 563. The van der Waals surface area contributed by atoms with E-state index in [4.69, 9.17) is 9.84 Å². The highest BCUT2D eigenvalue weighted by Gasteiger charge is 2.10. The molecule has 0 aromatic heterocycles. The number of benzene rings is 2. The van der Waals surface area contributed by atoms with Crippen LogP contribution in [0.25, 0.3) is 0 Å². The van der Waals surface area contributed by atoms with Crippen LogP contribution in [-0.4, -0.2) is 16.2 Å². The van der Waals surface area contributed by atoms with Crippen molar-refractivity contribution in [2.24, 2.45) is 0 Å². The van der Waals surface area contributed by atoms with Crippen molar-refractivity contribution in [2.45, 2.75) is 6.61 Å². The van der Waals surface area contributed by atoms with Crippen LogP contribution in [0.4, 0.5) is 0 Å². The molecule has 0 unspecified atom stereocenters. The SMILES string of the molecule is O=C(O)c1ccccc1OCc1ccccc1O. The Hall–Kier alpha value is -2.49. The fourth-order valence-corrected chi connectivity index (χ4v) is 1.56. The Morgan fingerprint density at radius 2 is 1.72 bits per heavy atom. The molecule has 0 saturated heterocycles. The molecule has 0 spiro atoms. The van der Waals surface area contributed by atoms with Crippen molar-refractivity contribution < 1.29 is 19.7 Å². The van der Waals surface area contributed by atoms with Gasteiger partial charge < -0.3 is 14.9 Å². The van der Waals surface area contributed by atoms with Gasteiger partial charge >= 0.3 is 5.97 Å². The van der Waals surface area contributed by atoms with Crippen LogP contribution in [0.2, 0.25) is 0 Å². The Morgan fingerprint density at radius 3 is 2.44 bits per heavy atom. The highest BCUT2D eigenvalue weighted by Crippen LogP contribution is 2.22. The van der Waals surface area contributed by atoms with Gasteiger partial charge in [0.05, 0.1) is 0 Å². The fraction of sp³-hybridized carbons (Fsp3) is 0.0714. The number of phenolic OH excluding ortho intramolecular Hbond substituents is 1. The summed E-state index contributed by atoms with van der Waals surface area (Å²) in [6, 6.07) is 13.2. The van der Waals surface area contributed by atoms with E-state index in [-0.39, 0.29) is 23.7 Å². The molecule has 2 aromatic carbocycles. The Balaban J connectivity index is 2.16. The summed E-state index contributed by atoms with van der Waals surface area (Å²) in [6.07, 6.45) is 0. The summed E-state index contributed by atoms with van der Waals surface area (Å²) in [5.74, 6) is -0.624. The van der Waals surface area contributed by atoms with Gasteiger partial charge in [-0.2, -0.15) is 0 Å². The number of phenols is 1. The first-order valence-electron chi connectivity index (χ1n) is 5.40. The molecule has 0 aliphatic carbocycles. The molecular weight excluding hydrogens is 232 g/mol. The average Bonchev–Trinajstić information content (AvgIpc) is 2.38. The Morgan fingerprint density at radius 1 is 1.06 bits per heavy atom. The second kappa shape index (κ2) is 5.23. The number of rotatable bonds is 4. The lowest BCUT2D eigenvalue weighted by atomic mass is 10.2. The minimum Gasteiger partial charge on any atom is -0.508 e. The maximum Gasteiger partial charge on any atom is 0.339 e. The van der Waals surface area contributed by atoms with Gasteiger partial charge in [-0.3, -0.25) is 0 Å². The van der Waals surface area contributed by atoms with Crippen molar-refractivity contribution in [3.05, 3.63) is 59.7 Å². The highest BCUT2D eigenvalue weighted by molar-refractivity contribution is 5.90. The summed E-state index contributed by atoms with van der Waals surface area (Å²) >= 11 is 0. The number of hydrogen-bond acceptors (Lipinski definition) is 3. The summed E-state index contributed by atoms with van der Waals surface area (Å²) in [4.78, 5) is 11.0. The summed E-state index contributed by atoms with van der Waals surface area (Å²) in [7, 11) is 0. The lowest BCUT2D eigenvalue weighted by molar-refractivity contribution is 0.0692. The van der Waals surface area contributed by atoms with E-state index in [0.29, 0.717) is 5.56 Å². The minimum absolute atomic E-state index is 0.105. The molecule has 0 radical (unpaired) electrons. The first-order valence-corrected chi connectivity index (χ1v) is 5.40. The van der Waals surface area contributed by atoms with Crippen LogP contribution in [0, 0.1) is 0 Å². The lowest BCUT2D eigenvalue weighted by Crippen LogP contribution is -2.03. The molecule has 18 heavy (non-hydrogen) atoms. The third-order valence-corrected chi connectivity index (χ3v) is 2.49. The average molecular weight is 244 g/mol. The Kier molecular flexibility index (Phi) is 3.48. The van der Waals surface area contributed by atoms with Crippen LogP contribution < -0.4 is 4.74 Å². The standard InChI is InChI=1S/C14H12O4/c15-12-7-3-1-5-10(12)9-18-13-8-4-2-6-11(13)14(16)17/h1-8,15H,9H2,(H,16,17). The molecule has 0 saturated carbocycles. The fourth-order valence-electron chi connectivity index (χ4n) is 1.56. The second-order valence-electron chi connectivity index (χ2n) is 3.72. The van der Waals surface area contributed by atoms with E-state index < -0.39 is 5.97 Å². The van der Waals surface area contributed by atoms with E-state index in [9.17, 15) is 9.90 Å². The molecule has 0 heterocycles. The van der Waals surface area contributed by atoms with Gasteiger partial charge in [0, 0.05) is 5.56 Å². The Labute approximate surface area is 104 Å². The molecule has 0 atom stereocenters. The van der Waals surface area contributed by atoms with Gasteiger partial charge in [-0.25, -0.2) is 4.79 Å². The first kappa shape index (κ1) is 12.0. The van der Waals surface area contributed by atoms with Crippen molar-refractivity contribution >= 4 is 5.97 Å². The zero-order chi connectivity index (χ0) is 13.0. The number of ether oxygens (including phenoxy) is 1. The molecule has 2 rings (SSSR count). The van der Waals surface area contributed by atoms with Crippen LogP contribution in [0.15, 0.2) is 48.5 Å². The molecule has 0 aliphatic rings. The second-order valence-corrected chi connectivity index (χ2v) is 3.72. The highest BCUT2D eigenvalue weighted by atomic mass is 16.5. The third-order valence-electron chi connectivity index (χ3n) is 2.49. The molecule has 4 heteroatoms. The maximum atomic E-state index is 11.0. The molecule has 0 aliphatic heterocycles. The lowest BCUT2D eigenvalue weighted by Gasteiger charge is -2.09. The zero-order valence-electron chi connectivity index (χ0n) is 9.54. The molecule has 0 fully saturated rings. The topological polar surface area (TPSA) is 66.8 Å². The smallest absolute Gasteiger partial charge is 0.339 e. The molecule has 92 valence electrons. The van der Waals surface area contributed by atoms with Crippen molar-refractivity contribution in [1.82, 2.24) is 0 Å².